The minimum absolute atomic E-state index is 0.244. The van der Waals surface area contributed by atoms with Gasteiger partial charge >= 0.3 is 0 Å². The summed E-state index contributed by atoms with van der Waals surface area (Å²) in [4.78, 5) is 0.244. The second kappa shape index (κ2) is 8.03. The highest BCUT2D eigenvalue weighted by Crippen LogP contribution is 2.33. The van der Waals surface area contributed by atoms with Crippen LogP contribution in [-0.2, 0) is 22.9 Å². The van der Waals surface area contributed by atoms with Crippen molar-refractivity contribution >= 4 is 10.0 Å². The van der Waals surface area contributed by atoms with E-state index in [9.17, 15) is 8.42 Å². The van der Waals surface area contributed by atoms with Crippen LogP contribution in [0.4, 0.5) is 0 Å². The smallest absolute Gasteiger partial charge is 0.244 e. The number of methoxy groups -OCH3 is 1. The van der Waals surface area contributed by atoms with Gasteiger partial charge in [0.1, 0.15) is 10.6 Å². The summed E-state index contributed by atoms with van der Waals surface area (Å²) < 4.78 is 34.8. The van der Waals surface area contributed by atoms with E-state index in [0.29, 0.717) is 12.2 Å². The fourth-order valence-electron chi connectivity index (χ4n) is 3.94. The van der Waals surface area contributed by atoms with Crippen LogP contribution in [0.15, 0.2) is 35.2 Å². The number of sulfonamides is 1. The van der Waals surface area contributed by atoms with Crippen LogP contribution in [0.25, 0.3) is 0 Å². The molecule has 0 amide bonds. The van der Waals surface area contributed by atoms with Crippen molar-refractivity contribution < 1.29 is 13.2 Å². The highest BCUT2D eigenvalue weighted by molar-refractivity contribution is 7.89. The van der Waals surface area contributed by atoms with Gasteiger partial charge in [-0.05, 0) is 80.3 Å². The van der Waals surface area contributed by atoms with Gasteiger partial charge in [0.25, 0.3) is 0 Å². The van der Waals surface area contributed by atoms with Gasteiger partial charge < -0.3 is 4.74 Å². The molecule has 1 atom stereocenters. The van der Waals surface area contributed by atoms with E-state index in [0.717, 1.165) is 42.4 Å². The molecule has 0 radical (unpaired) electrons. The molecule has 146 valence electrons. The Morgan fingerprint density at radius 3 is 2.33 bits per heavy atom. The van der Waals surface area contributed by atoms with Crippen LogP contribution in [0.3, 0.4) is 0 Å². The topological polar surface area (TPSA) is 55.4 Å². The highest BCUT2D eigenvalue weighted by Gasteiger charge is 2.26. The average molecular weight is 388 g/mol. The zero-order chi connectivity index (χ0) is 19.6. The van der Waals surface area contributed by atoms with Crippen LogP contribution < -0.4 is 9.46 Å². The molecule has 0 fully saturated rings. The lowest BCUT2D eigenvalue weighted by Gasteiger charge is -2.23. The van der Waals surface area contributed by atoms with E-state index in [1.807, 2.05) is 45.0 Å². The maximum Gasteiger partial charge on any atom is 0.244 e. The molecule has 4 nitrogen and oxygen atoms in total. The Morgan fingerprint density at radius 1 is 1.07 bits per heavy atom. The monoisotopic (exact) mass is 387 g/mol. The summed E-state index contributed by atoms with van der Waals surface area (Å²) in [5.74, 6) is 0.429. The van der Waals surface area contributed by atoms with Gasteiger partial charge in [-0.2, -0.15) is 0 Å². The summed E-state index contributed by atoms with van der Waals surface area (Å²) in [5, 5.41) is 0. The van der Waals surface area contributed by atoms with Gasteiger partial charge in [0.2, 0.25) is 10.0 Å². The Labute approximate surface area is 163 Å². The molecule has 2 aromatic carbocycles. The Bertz CT molecular complexity index is 935. The fraction of sp³-hybridized carbons (Fsp3) is 0.455. The lowest BCUT2D eigenvalue weighted by atomic mass is 9.92. The summed E-state index contributed by atoms with van der Waals surface area (Å²) in [5.41, 5.74) is 5.62. The summed E-state index contributed by atoms with van der Waals surface area (Å²) >= 11 is 0. The van der Waals surface area contributed by atoms with Gasteiger partial charge in [0, 0.05) is 6.04 Å². The second-order valence-electron chi connectivity index (χ2n) is 7.42. The van der Waals surface area contributed by atoms with Crippen molar-refractivity contribution in [2.45, 2.75) is 63.8 Å². The molecule has 0 heterocycles. The number of fused-ring (bicyclic) bond motifs is 1. The number of benzene rings is 2. The van der Waals surface area contributed by atoms with E-state index in [1.54, 1.807) is 0 Å². The van der Waals surface area contributed by atoms with Crippen LogP contribution in [0.5, 0.6) is 5.75 Å². The maximum absolute atomic E-state index is 13.2. The molecule has 0 saturated carbocycles. The van der Waals surface area contributed by atoms with Crippen LogP contribution in [0, 0.1) is 13.8 Å². The molecule has 3 rings (SSSR count). The Hall–Kier alpha value is -1.85. The van der Waals surface area contributed by atoms with Crippen molar-refractivity contribution in [1.82, 2.24) is 4.72 Å². The molecular formula is C22H29NO3S. The highest BCUT2D eigenvalue weighted by atomic mass is 32.2. The number of ether oxygens (including phenoxy) is 1. The second-order valence-corrected chi connectivity index (χ2v) is 9.10. The first kappa shape index (κ1) is 19.9. The Morgan fingerprint density at radius 2 is 1.74 bits per heavy atom. The van der Waals surface area contributed by atoms with Crippen molar-refractivity contribution in [3.05, 3.63) is 58.1 Å². The lowest BCUT2D eigenvalue weighted by molar-refractivity contribution is 0.400. The number of hydrogen-bond donors (Lipinski definition) is 1. The Kier molecular flexibility index (Phi) is 5.92. The van der Waals surface area contributed by atoms with Crippen LogP contribution in [0.2, 0.25) is 0 Å². The molecule has 0 spiro atoms. The van der Waals surface area contributed by atoms with Crippen molar-refractivity contribution in [3.63, 3.8) is 0 Å². The molecule has 1 N–H and O–H groups in total. The molecule has 5 heteroatoms. The lowest BCUT2D eigenvalue weighted by Crippen LogP contribution is -2.29. The first-order valence-electron chi connectivity index (χ1n) is 9.65. The summed E-state index contributed by atoms with van der Waals surface area (Å²) in [7, 11) is -2.17. The van der Waals surface area contributed by atoms with Crippen molar-refractivity contribution in [3.8, 4) is 5.75 Å². The third-order valence-corrected chi connectivity index (χ3v) is 6.92. The zero-order valence-corrected chi connectivity index (χ0v) is 17.4. The predicted molar refractivity (Wildman–Crippen MR) is 109 cm³/mol. The number of nitrogens with one attached hydrogen (secondary N) is 1. The quantitative estimate of drug-likeness (QED) is 0.787. The van der Waals surface area contributed by atoms with E-state index in [2.05, 4.69) is 10.8 Å². The van der Waals surface area contributed by atoms with E-state index in [1.165, 1.54) is 18.2 Å². The third-order valence-electron chi connectivity index (χ3n) is 5.42. The molecule has 1 unspecified atom stereocenters. The van der Waals surface area contributed by atoms with Gasteiger partial charge in [-0.15, -0.1) is 0 Å². The molecule has 0 saturated heterocycles. The minimum Gasteiger partial charge on any atom is -0.495 e. The maximum atomic E-state index is 13.2. The summed E-state index contributed by atoms with van der Waals surface area (Å²) in [6.07, 6.45) is 4.84. The van der Waals surface area contributed by atoms with E-state index < -0.39 is 10.0 Å². The molecule has 0 bridgehead atoms. The van der Waals surface area contributed by atoms with Gasteiger partial charge in [-0.3, -0.25) is 0 Å². The third kappa shape index (κ3) is 4.19. The fourth-order valence-corrected chi connectivity index (χ4v) is 5.44. The van der Waals surface area contributed by atoms with Crippen LogP contribution in [-0.4, -0.2) is 15.5 Å². The van der Waals surface area contributed by atoms with Gasteiger partial charge in [-0.25, -0.2) is 13.1 Å². The van der Waals surface area contributed by atoms with Crippen molar-refractivity contribution in [2.24, 2.45) is 0 Å². The van der Waals surface area contributed by atoms with Crippen LogP contribution >= 0.6 is 0 Å². The molecule has 1 aliphatic carbocycles. The largest absolute Gasteiger partial charge is 0.495 e. The molecule has 0 aromatic heterocycles. The van der Waals surface area contributed by atoms with Gasteiger partial charge in [0.15, 0.2) is 0 Å². The van der Waals surface area contributed by atoms with E-state index >= 15 is 0 Å². The normalized spacial score (nSPS) is 15.3. The number of aryl methyl sites for hydroxylation is 4. The molecule has 27 heavy (non-hydrogen) atoms. The van der Waals surface area contributed by atoms with E-state index in [4.69, 9.17) is 4.74 Å². The van der Waals surface area contributed by atoms with Crippen molar-refractivity contribution in [1.29, 1.82) is 0 Å². The standard InChI is InChI=1S/C22H29NO3S/c1-5-20(19-11-10-15(2)12-16(19)3)23-27(24,25)22-14-18-9-7-6-8-17(18)13-21(22)26-4/h10-14,20,23H,5-9H2,1-4H3. The molecule has 2 aromatic rings. The average Bonchev–Trinajstić information content (AvgIpc) is 2.65. The van der Waals surface area contributed by atoms with Gasteiger partial charge in [-0.1, -0.05) is 30.7 Å². The predicted octanol–water partition coefficient (Wildman–Crippen LogP) is 4.62. The summed E-state index contributed by atoms with van der Waals surface area (Å²) in [6.45, 7) is 6.06. The molecule has 0 aliphatic heterocycles. The minimum atomic E-state index is -3.70. The number of rotatable bonds is 6. The SMILES string of the molecule is CCC(NS(=O)(=O)c1cc2c(cc1OC)CCCC2)c1ccc(C)cc1C. The first-order chi connectivity index (χ1) is 12.9. The van der Waals surface area contributed by atoms with Crippen LogP contribution in [0.1, 0.15) is 60.0 Å². The summed E-state index contributed by atoms with van der Waals surface area (Å²) in [6, 6.07) is 9.58. The van der Waals surface area contributed by atoms with Crippen molar-refractivity contribution in [2.75, 3.05) is 7.11 Å². The molecular weight excluding hydrogens is 358 g/mol. The molecule has 1 aliphatic rings. The number of hydrogen-bond acceptors (Lipinski definition) is 3. The first-order valence-corrected chi connectivity index (χ1v) is 11.1. The Balaban J connectivity index is 1.98. The zero-order valence-electron chi connectivity index (χ0n) is 16.6. The van der Waals surface area contributed by atoms with E-state index in [-0.39, 0.29) is 10.9 Å². The van der Waals surface area contributed by atoms with Gasteiger partial charge in [0.05, 0.1) is 7.11 Å².